The second kappa shape index (κ2) is 6.98. The summed E-state index contributed by atoms with van der Waals surface area (Å²) in [5.74, 6) is -1.62. The number of hydrogen-bond donors (Lipinski definition) is 2. The smallest absolute Gasteiger partial charge is 0.325 e. The average Bonchev–Trinajstić information content (AvgIpc) is 3.17. The Morgan fingerprint density at radius 2 is 1.93 bits per heavy atom. The van der Waals surface area contributed by atoms with Crippen molar-refractivity contribution in [3.63, 3.8) is 0 Å². The molecule has 2 fully saturated rings. The lowest BCUT2D eigenvalue weighted by atomic mass is 10.1. The molecule has 1 aliphatic carbocycles. The molecule has 1 amide bonds. The first kappa shape index (κ1) is 19.1. The minimum atomic E-state index is -4.03. The number of amides is 1. The van der Waals surface area contributed by atoms with Crippen LogP contribution >= 0.6 is 11.3 Å². The van der Waals surface area contributed by atoms with Gasteiger partial charge < -0.3 is 10.0 Å². The van der Waals surface area contributed by atoms with Gasteiger partial charge in [0, 0.05) is 18.9 Å². The zero-order valence-electron chi connectivity index (χ0n) is 15.0. The highest BCUT2D eigenvalue weighted by Gasteiger charge is 2.63. The number of carbonyl (C=O) groups excluding carboxylic acids is 1. The number of piperidine rings is 1. The fourth-order valence-electron chi connectivity index (χ4n) is 3.67. The van der Waals surface area contributed by atoms with Crippen molar-refractivity contribution in [3.05, 3.63) is 48.0 Å². The SMILES string of the molecule is O=C1CCCCN1c1ccc(S(=O)(=O)N[C@@]2(C(=O)O)C[C@@H]2c2ccccc2)s1. The fourth-order valence-corrected chi connectivity index (χ4v) is 6.41. The van der Waals surface area contributed by atoms with Crippen LogP contribution in [-0.2, 0) is 19.6 Å². The molecule has 0 spiro atoms. The number of carboxylic acids is 1. The molecule has 1 saturated heterocycles. The molecule has 2 atom stereocenters. The Morgan fingerprint density at radius 1 is 1.18 bits per heavy atom. The number of nitrogens with one attached hydrogen (secondary N) is 1. The van der Waals surface area contributed by atoms with E-state index in [1.807, 2.05) is 6.07 Å². The number of benzene rings is 1. The number of anilines is 1. The van der Waals surface area contributed by atoms with Gasteiger partial charge in [-0.2, -0.15) is 4.72 Å². The molecular formula is C19H20N2O5S2. The molecule has 0 radical (unpaired) electrons. The molecule has 2 aliphatic rings. The number of hydrogen-bond acceptors (Lipinski definition) is 5. The maximum atomic E-state index is 12.9. The first-order chi connectivity index (χ1) is 13.3. The third-order valence-corrected chi connectivity index (χ3v) is 8.39. The third kappa shape index (κ3) is 3.34. The van der Waals surface area contributed by atoms with Crippen molar-refractivity contribution in [3.8, 4) is 0 Å². The molecule has 1 aromatic heterocycles. The number of sulfonamides is 1. The van der Waals surface area contributed by atoms with Gasteiger partial charge in [0.1, 0.15) is 9.75 Å². The van der Waals surface area contributed by atoms with E-state index in [0.29, 0.717) is 18.0 Å². The quantitative estimate of drug-likeness (QED) is 0.747. The molecule has 4 rings (SSSR count). The third-order valence-electron chi connectivity index (χ3n) is 5.28. The second-order valence-electron chi connectivity index (χ2n) is 7.14. The van der Waals surface area contributed by atoms with Crippen LogP contribution in [0.1, 0.15) is 37.2 Å². The maximum absolute atomic E-state index is 12.9. The molecule has 28 heavy (non-hydrogen) atoms. The number of nitrogens with zero attached hydrogens (tertiary/aromatic N) is 1. The van der Waals surface area contributed by atoms with E-state index in [4.69, 9.17) is 0 Å². The lowest BCUT2D eigenvalue weighted by molar-refractivity contribution is -0.140. The van der Waals surface area contributed by atoms with Gasteiger partial charge in [0.15, 0.2) is 0 Å². The van der Waals surface area contributed by atoms with Crippen LogP contribution in [0, 0.1) is 0 Å². The highest BCUT2D eigenvalue weighted by atomic mass is 32.2. The topological polar surface area (TPSA) is 104 Å². The van der Waals surface area contributed by atoms with Gasteiger partial charge in [-0.1, -0.05) is 30.3 Å². The van der Waals surface area contributed by atoms with Gasteiger partial charge >= 0.3 is 5.97 Å². The average molecular weight is 421 g/mol. The molecule has 0 unspecified atom stereocenters. The monoisotopic (exact) mass is 420 g/mol. The van der Waals surface area contributed by atoms with E-state index >= 15 is 0 Å². The normalized spacial score (nSPS) is 24.9. The fraction of sp³-hybridized carbons (Fsp3) is 0.368. The van der Waals surface area contributed by atoms with Gasteiger partial charge in [-0.05, 0) is 37.0 Å². The van der Waals surface area contributed by atoms with Crippen molar-refractivity contribution in [1.29, 1.82) is 0 Å². The van der Waals surface area contributed by atoms with E-state index in [0.717, 1.165) is 29.7 Å². The van der Waals surface area contributed by atoms with Crippen LogP contribution in [0.15, 0.2) is 46.7 Å². The van der Waals surface area contributed by atoms with Crippen molar-refractivity contribution in [2.24, 2.45) is 0 Å². The summed E-state index contributed by atoms with van der Waals surface area (Å²) in [6, 6.07) is 12.1. The number of carbonyl (C=O) groups is 2. The van der Waals surface area contributed by atoms with Crippen LogP contribution in [0.2, 0.25) is 0 Å². The zero-order chi connectivity index (χ0) is 19.9. The Kier molecular flexibility index (Phi) is 4.76. The Hall–Kier alpha value is -2.23. The Bertz CT molecular complexity index is 1020. The molecule has 1 aromatic carbocycles. The van der Waals surface area contributed by atoms with Gasteiger partial charge in [0.25, 0.3) is 10.0 Å². The summed E-state index contributed by atoms with van der Waals surface area (Å²) < 4.78 is 28.2. The molecule has 1 aliphatic heterocycles. The zero-order valence-corrected chi connectivity index (χ0v) is 16.6. The Morgan fingerprint density at radius 3 is 2.61 bits per heavy atom. The summed E-state index contributed by atoms with van der Waals surface area (Å²) in [7, 11) is -4.03. The van der Waals surface area contributed by atoms with Crippen molar-refractivity contribution in [2.45, 2.75) is 41.3 Å². The predicted molar refractivity (Wildman–Crippen MR) is 105 cm³/mol. The van der Waals surface area contributed by atoms with Crippen LogP contribution in [0.25, 0.3) is 0 Å². The van der Waals surface area contributed by atoms with Crippen molar-refractivity contribution >= 4 is 38.2 Å². The van der Waals surface area contributed by atoms with E-state index in [2.05, 4.69) is 4.72 Å². The Labute approximate surface area is 167 Å². The second-order valence-corrected chi connectivity index (χ2v) is 10.1. The minimum Gasteiger partial charge on any atom is -0.480 e. The first-order valence-electron chi connectivity index (χ1n) is 9.06. The largest absolute Gasteiger partial charge is 0.480 e. The summed E-state index contributed by atoms with van der Waals surface area (Å²) in [6.07, 6.45) is 2.38. The van der Waals surface area contributed by atoms with Crippen LogP contribution in [-0.4, -0.2) is 37.5 Å². The van der Waals surface area contributed by atoms with E-state index < -0.39 is 27.4 Å². The van der Waals surface area contributed by atoms with E-state index in [9.17, 15) is 23.1 Å². The molecule has 2 N–H and O–H groups in total. The van der Waals surface area contributed by atoms with E-state index in [1.165, 1.54) is 6.07 Å². The molecule has 148 valence electrons. The highest BCUT2D eigenvalue weighted by molar-refractivity contribution is 7.91. The number of aliphatic carboxylic acids is 1. The predicted octanol–water partition coefficient (Wildman–Crippen LogP) is 2.55. The van der Waals surface area contributed by atoms with Crippen LogP contribution in [0.5, 0.6) is 0 Å². The van der Waals surface area contributed by atoms with Gasteiger partial charge in [-0.25, -0.2) is 8.42 Å². The van der Waals surface area contributed by atoms with E-state index in [1.54, 1.807) is 35.2 Å². The summed E-state index contributed by atoms with van der Waals surface area (Å²) in [5.41, 5.74) is -0.746. The summed E-state index contributed by atoms with van der Waals surface area (Å²) in [4.78, 5) is 25.6. The van der Waals surface area contributed by atoms with Crippen LogP contribution < -0.4 is 9.62 Å². The van der Waals surface area contributed by atoms with Gasteiger partial charge in [0.05, 0.1) is 5.00 Å². The standard InChI is InChI=1S/C19H20N2O5S2/c22-15-8-4-5-11-21(15)16-9-10-17(27-16)28(25,26)20-19(18(23)24)12-14(19)13-6-2-1-3-7-13/h1-3,6-7,9-10,14,20H,4-5,8,11-12H2,(H,23,24)/t14-,19+/m1/s1. The first-order valence-corrected chi connectivity index (χ1v) is 11.4. The molecule has 2 aromatic rings. The highest BCUT2D eigenvalue weighted by Crippen LogP contribution is 2.52. The molecule has 1 saturated carbocycles. The Balaban J connectivity index is 1.57. The van der Waals surface area contributed by atoms with Gasteiger partial charge in [-0.3, -0.25) is 9.59 Å². The summed E-state index contributed by atoms with van der Waals surface area (Å²) >= 11 is 0.989. The van der Waals surface area contributed by atoms with E-state index in [-0.39, 0.29) is 16.5 Å². The van der Waals surface area contributed by atoms with Crippen molar-refractivity contribution < 1.29 is 23.1 Å². The molecule has 2 heterocycles. The maximum Gasteiger partial charge on any atom is 0.325 e. The lowest BCUT2D eigenvalue weighted by Gasteiger charge is -2.25. The minimum absolute atomic E-state index is 0.0141. The lowest BCUT2D eigenvalue weighted by Crippen LogP contribution is -2.44. The molecular weight excluding hydrogens is 400 g/mol. The molecule has 0 bridgehead atoms. The number of rotatable bonds is 6. The molecule has 7 nitrogen and oxygen atoms in total. The summed E-state index contributed by atoms with van der Waals surface area (Å²) in [5, 5.41) is 10.3. The number of carboxylic acid groups (broad SMARTS) is 1. The number of thiophene rings is 1. The van der Waals surface area contributed by atoms with Crippen molar-refractivity contribution in [2.75, 3.05) is 11.4 Å². The summed E-state index contributed by atoms with van der Waals surface area (Å²) in [6.45, 7) is 0.571. The van der Waals surface area contributed by atoms with Gasteiger partial charge in [0.2, 0.25) is 5.91 Å². The van der Waals surface area contributed by atoms with Crippen molar-refractivity contribution in [1.82, 2.24) is 4.72 Å². The van der Waals surface area contributed by atoms with Crippen LogP contribution in [0.3, 0.4) is 0 Å². The van der Waals surface area contributed by atoms with Gasteiger partial charge in [-0.15, -0.1) is 11.3 Å². The van der Waals surface area contributed by atoms with Crippen LogP contribution in [0.4, 0.5) is 5.00 Å². The molecule has 9 heteroatoms.